The van der Waals surface area contributed by atoms with Gasteiger partial charge in [-0.15, -0.1) is 0 Å². The average molecular weight is 683 g/mol. The van der Waals surface area contributed by atoms with Crippen molar-refractivity contribution in [2.24, 2.45) is 22.7 Å². The minimum atomic E-state index is -5.03. The molecule has 0 unspecified atom stereocenters. The molecule has 5 aliphatic rings. The first-order valence-corrected chi connectivity index (χ1v) is 17.8. The van der Waals surface area contributed by atoms with Gasteiger partial charge in [0.1, 0.15) is 6.61 Å². The Labute approximate surface area is 277 Å². The van der Waals surface area contributed by atoms with Gasteiger partial charge in [-0.05, 0) is 73.8 Å². The molecule has 1 aliphatic heterocycles. The van der Waals surface area contributed by atoms with E-state index < -0.39 is 72.6 Å². The van der Waals surface area contributed by atoms with Crippen molar-refractivity contribution >= 4 is 19.4 Å². The van der Waals surface area contributed by atoms with Crippen LogP contribution in [0.3, 0.4) is 0 Å². The number of carbonyl (C=O) groups is 2. The molecular weight excluding hydrogens is 642 g/mol. The van der Waals surface area contributed by atoms with Crippen LogP contribution >= 0.6 is 7.82 Å². The number of hydrogen-bond acceptors (Lipinski definition) is 8. The Morgan fingerprint density at radius 3 is 2.33 bits per heavy atom. The van der Waals surface area contributed by atoms with E-state index in [2.05, 4.69) is 0 Å². The van der Waals surface area contributed by atoms with Gasteiger partial charge in [-0.25, -0.2) is 8.96 Å². The van der Waals surface area contributed by atoms with Gasteiger partial charge in [0.05, 0.1) is 18.8 Å². The zero-order valence-electron chi connectivity index (χ0n) is 26.8. The summed E-state index contributed by atoms with van der Waals surface area (Å²) >= 11 is 0. The molecule has 48 heavy (non-hydrogen) atoms. The number of benzene rings is 2. The average Bonchev–Trinajstić information content (AvgIpc) is 3.54. The van der Waals surface area contributed by atoms with Gasteiger partial charge >= 0.3 is 7.82 Å². The van der Waals surface area contributed by atoms with Crippen LogP contribution in [0.5, 0.6) is 0 Å². The molecule has 256 valence electrons. The number of phosphoric ester groups is 1. The van der Waals surface area contributed by atoms with E-state index in [1.54, 1.807) is 19.9 Å². The number of fused-ring (bicyclic) bond motifs is 7. The molecule has 0 spiro atoms. The van der Waals surface area contributed by atoms with Crippen LogP contribution in [0.25, 0.3) is 0 Å². The third kappa shape index (κ3) is 4.97. The summed E-state index contributed by atoms with van der Waals surface area (Å²) in [4.78, 5) is 45.3. The van der Waals surface area contributed by atoms with Crippen LogP contribution in [0.15, 0.2) is 72.3 Å². The number of carbonyl (C=O) groups excluding carboxylic acids is 2. The van der Waals surface area contributed by atoms with Gasteiger partial charge in [0.15, 0.2) is 29.1 Å². The number of aliphatic hydroxyl groups excluding tert-OH is 2. The number of allylic oxidation sites excluding steroid dienone is 4. The summed E-state index contributed by atoms with van der Waals surface area (Å²) in [6.45, 7) is 2.50. The van der Waals surface area contributed by atoms with Crippen LogP contribution in [0, 0.1) is 22.7 Å². The molecule has 12 heteroatoms. The third-order valence-corrected chi connectivity index (χ3v) is 12.5. The maximum Gasteiger partial charge on any atom is 0.470 e. The summed E-state index contributed by atoms with van der Waals surface area (Å²) in [6.07, 6.45) is 2.36. The van der Waals surface area contributed by atoms with E-state index in [4.69, 9.17) is 14.0 Å². The van der Waals surface area contributed by atoms with Gasteiger partial charge in [0, 0.05) is 22.3 Å². The Morgan fingerprint density at radius 2 is 1.69 bits per heavy atom. The lowest BCUT2D eigenvalue weighted by atomic mass is 9.44. The van der Waals surface area contributed by atoms with Crippen LogP contribution < -0.4 is 0 Å². The number of aliphatic hydroxyl groups is 2. The van der Waals surface area contributed by atoms with Gasteiger partial charge in [0.2, 0.25) is 0 Å². The maximum absolute atomic E-state index is 17.7. The van der Waals surface area contributed by atoms with Crippen molar-refractivity contribution in [3.63, 3.8) is 0 Å². The quantitative estimate of drug-likeness (QED) is 0.290. The normalized spacial score (nSPS) is 38.5. The SMILES string of the molecule is C[C@]12C=CC(=O)C=C1CC[C@H]1[C@@H]3C[C@H]4O[C@@H](c5ccc(Cc6ccc(CO)cc6)cc5)O[C@@]4(C(=O)COP(=O)(O)O)[C@@]3(C)C[C@H](O)[C@@]12F. The predicted octanol–water partition coefficient (Wildman–Crippen LogP) is 4.58. The van der Waals surface area contributed by atoms with E-state index in [0.717, 1.165) is 16.7 Å². The molecule has 0 radical (unpaired) electrons. The lowest BCUT2D eigenvalue weighted by Gasteiger charge is -2.62. The van der Waals surface area contributed by atoms with Crippen molar-refractivity contribution in [2.45, 2.75) is 82.3 Å². The smallest absolute Gasteiger partial charge is 0.392 e. The molecule has 0 amide bonds. The first-order chi connectivity index (χ1) is 22.6. The van der Waals surface area contributed by atoms with E-state index in [9.17, 15) is 34.2 Å². The van der Waals surface area contributed by atoms with Crippen molar-refractivity contribution in [1.29, 1.82) is 0 Å². The molecule has 10 nitrogen and oxygen atoms in total. The Bertz CT molecular complexity index is 1740. The van der Waals surface area contributed by atoms with E-state index in [1.807, 2.05) is 48.5 Å². The summed E-state index contributed by atoms with van der Waals surface area (Å²) in [5.41, 5.74) is -2.19. The van der Waals surface area contributed by atoms with Crippen molar-refractivity contribution in [3.05, 3.63) is 94.6 Å². The van der Waals surface area contributed by atoms with Gasteiger partial charge in [-0.3, -0.25) is 14.1 Å². The minimum Gasteiger partial charge on any atom is -0.392 e. The van der Waals surface area contributed by atoms with Crippen molar-refractivity contribution in [1.82, 2.24) is 0 Å². The topological polar surface area (TPSA) is 160 Å². The van der Waals surface area contributed by atoms with E-state index in [-0.39, 0.29) is 25.2 Å². The molecule has 2 aromatic rings. The largest absolute Gasteiger partial charge is 0.470 e. The fraction of sp³-hybridized carbons (Fsp3) is 0.500. The molecule has 4 N–H and O–H groups in total. The molecule has 1 heterocycles. The molecule has 4 aliphatic carbocycles. The van der Waals surface area contributed by atoms with Crippen LogP contribution in [0.2, 0.25) is 0 Å². The molecule has 3 saturated carbocycles. The highest BCUT2D eigenvalue weighted by Crippen LogP contribution is 2.72. The zero-order chi connectivity index (χ0) is 34.3. The zero-order valence-corrected chi connectivity index (χ0v) is 27.6. The summed E-state index contributed by atoms with van der Waals surface area (Å²) in [5.74, 6) is -2.18. The van der Waals surface area contributed by atoms with Gasteiger partial charge in [-0.1, -0.05) is 67.1 Å². The highest BCUT2D eigenvalue weighted by atomic mass is 31.2. The van der Waals surface area contributed by atoms with Crippen LogP contribution in [-0.4, -0.2) is 61.7 Å². The number of ether oxygens (including phenoxy) is 2. The lowest BCUT2D eigenvalue weighted by molar-refractivity contribution is -0.231. The van der Waals surface area contributed by atoms with E-state index in [0.29, 0.717) is 30.4 Å². The predicted molar refractivity (Wildman–Crippen MR) is 170 cm³/mol. The minimum absolute atomic E-state index is 0.0297. The Balaban J connectivity index is 1.21. The molecule has 4 fully saturated rings. The van der Waals surface area contributed by atoms with Gasteiger partial charge < -0.3 is 29.5 Å². The highest BCUT2D eigenvalue weighted by Gasteiger charge is 2.79. The molecule has 2 aromatic carbocycles. The highest BCUT2D eigenvalue weighted by molar-refractivity contribution is 7.46. The first-order valence-electron chi connectivity index (χ1n) is 16.3. The Kier molecular flexibility index (Phi) is 8.13. The summed E-state index contributed by atoms with van der Waals surface area (Å²) in [5, 5.41) is 21.1. The number of phosphoric acid groups is 1. The molecule has 0 aromatic heterocycles. The third-order valence-electron chi connectivity index (χ3n) is 12.0. The van der Waals surface area contributed by atoms with Gasteiger partial charge in [0.25, 0.3) is 0 Å². The first kappa shape index (κ1) is 33.6. The summed E-state index contributed by atoms with van der Waals surface area (Å²) < 4.78 is 47.1. The lowest BCUT2D eigenvalue weighted by Crippen LogP contribution is -2.69. The maximum atomic E-state index is 17.7. The summed E-state index contributed by atoms with van der Waals surface area (Å²) in [6, 6.07) is 15.2. The van der Waals surface area contributed by atoms with E-state index in [1.165, 1.54) is 12.2 Å². The number of hydrogen-bond donors (Lipinski definition) is 4. The van der Waals surface area contributed by atoms with E-state index >= 15 is 4.39 Å². The van der Waals surface area contributed by atoms with Crippen molar-refractivity contribution in [2.75, 3.05) is 6.61 Å². The molecule has 0 bridgehead atoms. The molecule has 7 rings (SSSR count). The molecular formula is C36H40FO10P. The second-order valence-electron chi connectivity index (χ2n) is 14.4. The number of halogens is 1. The Morgan fingerprint density at radius 1 is 1.04 bits per heavy atom. The van der Waals surface area contributed by atoms with Gasteiger partial charge in [-0.2, -0.15) is 0 Å². The van der Waals surface area contributed by atoms with Crippen LogP contribution in [0.4, 0.5) is 4.39 Å². The molecule has 1 saturated heterocycles. The molecule has 9 atom stereocenters. The number of ketones is 2. The van der Waals surface area contributed by atoms with Crippen molar-refractivity contribution < 1.29 is 52.5 Å². The number of rotatable bonds is 8. The van der Waals surface area contributed by atoms with Crippen LogP contribution in [0.1, 0.15) is 68.1 Å². The monoisotopic (exact) mass is 682 g/mol. The number of Topliss-reactive ketones (excluding diaryl/α,β-unsaturated/α-hetero) is 1. The Hall–Kier alpha value is -2.86. The fourth-order valence-electron chi connectivity index (χ4n) is 9.64. The van der Waals surface area contributed by atoms with Crippen LogP contribution in [-0.2, 0) is 41.2 Å². The summed E-state index contributed by atoms with van der Waals surface area (Å²) in [7, 11) is -5.03. The number of alkyl halides is 1. The standard InChI is InChI=1S/C36H40FO10P/c1-33-14-13-26(39)16-25(33)11-12-27-28-17-31-36(30(41)20-45-48(42,43)44,34(28,2)18-29(40)35(27,33)37)47-32(46-31)24-9-7-22(8-10-24)15-21-3-5-23(19-38)6-4-21/h3-10,13-14,16,27-29,31-32,38,40H,11-12,15,17-20H2,1-2H3,(H2,42,43,44)/t27-,28-,29-,31+,32+,33-,34-,35-,36+/m0/s1. The second kappa shape index (κ2) is 11.6. The second-order valence-corrected chi connectivity index (χ2v) is 15.6. The van der Waals surface area contributed by atoms with Crippen molar-refractivity contribution in [3.8, 4) is 0 Å². The fourth-order valence-corrected chi connectivity index (χ4v) is 9.93.